The second-order valence-corrected chi connectivity index (χ2v) is 3.20. The summed E-state index contributed by atoms with van der Waals surface area (Å²) in [4.78, 5) is 0. The molecule has 1 aliphatic heterocycles. The zero-order valence-electron chi connectivity index (χ0n) is 4.65. The van der Waals surface area contributed by atoms with E-state index in [1.54, 1.807) is 0 Å². The van der Waals surface area contributed by atoms with E-state index in [4.69, 9.17) is 3.79 Å². The molecule has 1 nitrogen and oxygen atoms in total. The maximum atomic E-state index is 5.21. The molecule has 7 heavy (non-hydrogen) atoms. The Balaban J connectivity index is 0.000000360. The average Bonchev–Trinajstić information content (AvgIpc) is 1.72. The van der Waals surface area contributed by atoms with Crippen LogP contribution >= 0.6 is 9.90 Å². The molecule has 1 rings (SSSR count). The van der Waals surface area contributed by atoms with Gasteiger partial charge in [0.25, 0.3) is 0 Å². The first kappa shape index (κ1) is 7.92. The van der Waals surface area contributed by atoms with Crippen LogP contribution < -0.4 is 0 Å². The molecule has 1 heterocycles. The van der Waals surface area contributed by atoms with Crippen LogP contribution in [0.15, 0.2) is 0 Å². The lowest BCUT2D eigenvalue weighted by Gasteiger charge is -2.06. The molecule has 3 heteroatoms. The Bertz CT molecular complexity index is 27.2. The lowest BCUT2D eigenvalue weighted by Crippen LogP contribution is -2.06. The van der Waals surface area contributed by atoms with Gasteiger partial charge in [-0.15, -0.1) is 0 Å². The molecule has 0 saturated carbocycles. The first-order valence-electron chi connectivity index (χ1n) is 2.58. The van der Waals surface area contributed by atoms with Crippen LogP contribution in [0, 0.1) is 0 Å². The van der Waals surface area contributed by atoms with Crippen LogP contribution in [-0.4, -0.2) is 22.2 Å². The van der Waals surface area contributed by atoms with Crippen LogP contribution in [0.3, 0.4) is 0 Å². The number of hydrogen-bond acceptors (Lipinski definition) is 1. The van der Waals surface area contributed by atoms with E-state index in [2.05, 4.69) is 0 Å². The molecular formula is C4H12AlOP. The smallest absolute Gasteiger partial charge is 0.435 e. The van der Waals surface area contributed by atoms with Gasteiger partial charge in [0.2, 0.25) is 0 Å². The Hall–Kier alpha value is 0.922. The molecule has 0 radical (unpaired) electrons. The lowest BCUT2D eigenvalue weighted by atomic mass is 10.4. The molecule has 0 aromatic heterocycles. The fourth-order valence-corrected chi connectivity index (χ4v) is 1.86. The summed E-state index contributed by atoms with van der Waals surface area (Å²) in [6, 6.07) is 0. The number of rotatable bonds is 0. The first-order chi connectivity index (χ1) is 3.00. The zero-order valence-corrected chi connectivity index (χ0v) is 7.48. The molecule has 1 saturated heterocycles. The zero-order chi connectivity index (χ0) is 4.24. The molecule has 0 N–H and O–H groups in total. The maximum absolute atomic E-state index is 5.21. The summed E-state index contributed by atoms with van der Waals surface area (Å²) in [6.45, 7) is 1.06. The van der Waals surface area contributed by atoms with Crippen molar-refractivity contribution < 1.29 is 3.79 Å². The van der Waals surface area contributed by atoms with Crippen LogP contribution in [0.5, 0.6) is 0 Å². The highest BCUT2D eigenvalue weighted by Gasteiger charge is 2.00. The molecule has 0 amide bonds. The highest BCUT2D eigenvalue weighted by Crippen LogP contribution is 2.01. The summed E-state index contributed by atoms with van der Waals surface area (Å²) >= 11 is 0.00849. The summed E-state index contributed by atoms with van der Waals surface area (Å²) in [5.74, 6) is 0. The predicted octanol–water partition coefficient (Wildman–Crippen LogP) is 0.625. The van der Waals surface area contributed by atoms with Crippen LogP contribution in [0.25, 0.3) is 0 Å². The molecule has 1 unspecified atom stereocenters. The summed E-state index contributed by atoms with van der Waals surface area (Å²) in [5, 5.41) is 1.42. The van der Waals surface area contributed by atoms with E-state index >= 15 is 0 Å². The molecule has 0 aliphatic carbocycles. The summed E-state index contributed by atoms with van der Waals surface area (Å²) in [6.07, 6.45) is 2.75. The van der Waals surface area contributed by atoms with Crippen LogP contribution in [0.2, 0.25) is 5.28 Å². The second-order valence-electron chi connectivity index (χ2n) is 1.67. The van der Waals surface area contributed by atoms with Crippen molar-refractivity contribution in [3.8, 4) is 0 Å². The lowest BCUT2D eigenvalue weighted by molar-refractivity contribution is 0.304. The van der Waals surface area contributed by atoms with E-state index in [0.717, 1.165) is 6.61 Å². The van der Waals surface area contributed by atoms with Gasteiger partial charge in [0, 0.05) is 6.61 Å². The molecule has 1 aliphatic rings. The summed E-state index contributed by atoms with van der Waals surface area (Å²) in [5.41, 5.74) is 0. The normalized spacial score (nSPS) is 19.4. The van der Waals surface area contributed by atoms with Gasteiger partial charge >= 0.3 is 15.6 Å². The summed E-state index contributed by atoms with van der Waals surface area (Å²) in [7, 11) is 0. The van der Waals surface area contributed by atoms with Gasteiger partial charge in [-0.05, 0) is 6.42 Å². The third kappa shape index (κ3) is 3.50. The van der Waals surface area contributed by atoms with Crippen LogP contribution in [0.1, 0.15) is 12.8 Å². The standard InChI is InChI=1S/C4H8O.Al.H3P.H/c1-2-3-4-5;;;/h1-4H2;;1H3;/q-1;+1;;. The number of hydrogen-bond donors (Lipinski definition) is 0. The van der Waals surface area contributed by atoms with E-state index < -0.39 is 0 Å². The fourth-order valence-electron chi connectivity index (χ4n) is 0.687. The highest BCUT2D eigenvalue weighted by atomic mass is 31.0. The van der Waals surface area contributed by atoms with E-state index in [1.807, 2.05) is 0 Å². The quantitative estimate of drug-likeness (QED) is 0.348. The van der Waals surface area contributed by atoms with Gasteiger partial charge in [-0.25, -0.2) is 0 Å². The van der Waals surface area contributed by atoms with Crippen molar-refractivity contribution >= 4 is 25.5 Å². The van der Waals surface area contributed by atoms with Crippen molar-refractivity contribution in [3.63, 3.8) is 0 Å². The van der Waals surface area contributed by atoms with Gasteiger partial charge in [0.15, 0.2) is 0 Å². The molecular weight excluding hydrogens is 122 g/mol. The van der Waals surface area contributed by atoms with Crippen molar-refractivity contribution in [2.24, 2.45) is 0 Å². The Kier molecular flexibility index (Phi) is 5.73. The SMILES string of the molecule is C1C[CH2][AlH][O]C1.P. The minimum atomic E-state index is 0. The molecule has 0 aromatic rings. The highest BCUT2D eigenvalue weighted by molar-refractivity contribution is 6.92. The van der Waals surface area contributed by atoms with Crippen molar-refractivity contribution in [2.45, 2.75) is 18.1 Å². The predicted molar refractivity (Wildman–Crippen MR) is 38.2 cm³/mol. The topological polar surface area (TPSA) is 9.23 Å². The molecule has 42 valence electrons. The van der Waals surface area contributed by atoms with Gasteiger partial charge in [0.05, 0.1) is 0 Å². The van der Waals surface area contributed by atoms with E-state index in [1.165, 1.54) is 18.1 Å². The Labute approximate surface area is 54.5 Å². The van der Waals surface area contributed by atoms with E-state index in [-0.39, 0.29) is 25.5 Å². The maximum Gasteiger partial charge on any atom is 0.435 e. The van der Waals surface area contributed by atoms with Gasteiger partial charge in [0.1, 0.15) is 0 Å². The monoisotopic (exact) mass is 134 g/mol. The van der Waals surface area contributed by atoms with Crippen LogP contribution in [0.4, 0.5) is 0 Å². The molecule has 0 bridgehead atoms. The van der Waals surface area contributed by atoms with Crippen molar-refractivity contribution in [3.05, 3.63) is 0 Å². The van der Waals surface area contributed by atoms with E-state index in [9.17, 15) is 0 Å². The second kappa shape index (κ2) is 5.07. The first-order valence-corrected chi connectivity index (χ1v) is 4.15. The third-order valence-electron chi connectivity index (χ3n) is 1.08. The molecule has 0 aromatic carbocycles. The van der Waals surface area contributed by atoms with E-state index in [0.29, 0.717) is 0 Å². The Morgan fingerprint density at radius 2 is 2.14 bits per heavy atom. The third-order valence-corrected chi connectivity index (χ3v) is 2.44. The summed E-state index contributed by atoms with van der Waals surface area (Å²) < 4.78 is 5.21. The van der Waals surface area contributed by atoms with Gasteiger partial charge in [-0.3, -0.25) is 0 Å². The molecule has 1 atom stereocenters. The molecule has 1 fully saturated rings. The van der Waals surface area contributed by atoms with Crippen LogP contribution in [-0.2, 0) is 3.79 Å². The fraction of sp³-hybridized carbons (Fsp3) is 1.00. The van der Waals surface area contributed by atoms with Crippen molar-refractivity contribution in [1.29, 1.82) is 0 Å². The Morgan fingerprint density at radius 1 is 1.29 bits per heavy atom. The minimum absolute atomic E-state index is 0. The largest absolute Gasteiger partial charge is 0.503 e. The average molecular weight is 134 g/mol. The van der Waals surface area contributed by atoms with Gasteiger partial charge in [-0.2, -0.15) is 9.90 Å². The minimum Gasteiger partial charge on any atom is -0.503 e. The molecule has 0 spiro atoms. The van der Waals surface area contributed by atoms with Gasteiger partial charge < -0.3 is 3.79 Å². The van der Waals surface area contributed by atoms with Crippen molar-refractivity contribution in [1.82, 2.24) is 0 Å². The van der Waals surface area contributed by atoms with Gasteiger partial charge in [-0.1, -0.05) is 11.7 Å². The Morgan fingerprint density at radius 3 is 2.29 bits per heavy atom. The van der Waals surface area contributed by atoms with Crippen molar-refractivity contribution in [2.75, 3.05) is 6.61 Å².